The van der Waals surface area contributed by atoms with E-state index in [1.165, 1.54) is 47.9 Å². The maximum absolute atomic E-state index is 5.16. The molecule has 2 aromatic rings. The minimum Gasteiger partial charge on any atom is -0.226 e. The zero-order valence-corrected chi connectivity index (χ0v) is 11.0. The third kappa shape index (κ3) is 1.89. The van der Waals surface area contributed by atoms with Crippen LogP contribution in [0.3, 0.4) is 0 Å². The van der Waals surface area contributed by atoms with Gasteiger partial charge in [0.2, 0.25) is 0 Å². The molecule has 0 heterocycles. The van der Waals surface area contributed by atoms with Gasteiger partial charge in [-0.05, 0) is 47.9 Å². The number of nitrogens with zero attached hydrogens (tertiary/aromatic N) is 1. The van der Waals surface area contributed by atoms with Crippen LogP contribution in [0.15, 0.2) is 48.5 Å². The van der Waals surface area contributed by atoms with E-state index in [1.54, 1.807) is 0 Å². The maximum atomic E-state index is 5.16. The average molecular weight is 248 g/mol. The molecule has 1 radical (unpaired) electrons. The van der Waals surface area contributed by atoms with Gasteiger partial charge in [0.1, 0.15) is 0 Å². The number of hydrogen-bond donors (Lipinski definition) is 0. The second-order valence-corrected chi connectivity index (χ2v) is 5.66. The molecule has 0 N–H and O–H groups in total. The summed E-state index contributed by atoms with van der Waals surface area (Å²) in [6.07, 6.45) is 4.77. The largest absolute Gasteiger partial charge is 0.226 e. The average Bonchev–Trinajstić information content (AvgIpc) is 3.05. The van der Waals surface area contributed by atoms with Crippen molar-refractivity contribution in [1.29, 1.82) is 0 Å². The second kappa shape index (κ2) is 4.50. The topological polar surface area (TPSA) is 14.1 Å². The van der Waals surface area contributed by atoms with Gasteiger partial charge in [-0.3, -0.25) is 0 Å². The van der Waals surface area contributed by atoms with Crippen molar-refractivity contribution < 1.29 is 0 Å². The van der Waals surface area contributed by atoms with E-state index in [4.69, 9.17) is 5.32 Å². The van der Waals surface area contributed by atoms with Crippen molar-refractivity contribution in [3.63, 3.8) is 0 Å². The molecule has 19 heavy (non-hydrogen) atoms. The van der Waals surface area contributed by atoms with Crippen molar-refractivity contribution in [2.24, 2.45) is 0 Å². The van der Waals surface area contributed by atoms with Crippen LogP contribution in [0.25, 0.3) is 0 Å². The highest BCUT2D eigenvalue weighted by molar-refractivity contribution is 5.37. The molecule has 0 saturated heterocycles. The molecular formula is C18H18N. The van der Waals surface area contributed by atoms with Crippen LogP contribution in [0.2, 0.25) is 0 Å². The molecule has 4 rings (SSSR count). The summed E-state index contributed by atoms with van der Waals surface area (Å²) in [5.41, 5.74) is 5.93. The fraction of sp³-hybridized carbons (Fsp3) is 0.333. The van der Waals surface area contributed by atoms with Gasteiger partial charge in [-0.1, -0.05) is 48.5 Å². The van der Waals surface area contributed by atoms with Crippen molar-refractivity contribution in [1.82, 2.24) is 5.32 Å². The predicted molar refractivity (Wildman–Crippen MR) is 77.1 cm³/mol. The summed E-state index contributed by atoms with van der Waals surface area (Å²) in [5, 5.41) is 5.16. The Morgan fingerprint density at radius 3 is 1.68 bits per heavy atom. The first-order chi connectivity index (χ1) is 9.42. The molecule has 0 aromatic heterocycles. The maximum Gasteiger partial charge on any atom is 0.0508 e. The summed E-state index contributed by atoms with van der Waals surface area (Å²) in [6, 6.07) is 18.5. The van der Waals surface area contributed by atoms with E-state index in [2.05, 4.69) is 48.5 Å². The minimum absolute atomic E-state index is 0.423. The van der Waals surface area contributed by atoms with Crippen molar-refractivity contribution in [2.75, 3.05) is 0 Å². The van der Waals surface area contributed by atoms with E-state index in [9.17, 15) is 0 Å². The van der Waals surface area contributed by atoms with Crippen LogP contribution in [0.1, 0.15) is 47.2 Å². The molecule has 2 atom stereocenters. The Morgan fingerprint density at radius 1 is 0.684 bits per heavy atom. The molecule has 0 spiro atoms. The van der Waals surface area contributed by atoms with E-state index in [0.717, 1.165) is 0 Å². The quantitative estimate of drug-likeness (QED) is 0.763. The monoisotopic (exact) mass is 248 g/mol. The number of hydrogen-bond acceptors (Lipinski definition) is 0. The van der Waals surface area contributed by atoms with Crippen LogP contribution in [-0.2, 0) is 12.8 Å². The lowest BCUT2D eigenvalue weighted by atomic mass is 10.0. The first-order valence-corrected chi connectivity index (χ1v) is 7.27. The molecule has 1 heteroatoms. The van der Waals surface area contributed by atoms with E-state index in [1.807, 2.05) is 0 Å². The summed E-state index contributed by atoms with van der Waals surface area (Å²) in [5.74, 6) is 0. The number of rotatable bonds is 2. The molecular weight excluding hydrogens is 230 g/mol. The normalized spacial score (nSPS) is 24.2. The van der Waals surface area contributed by atoms with Crippen molar-refractivity contribution >= 4 is 0 Å². The van der Waals surface area contributed by atoms with Crippen LogP contribution in [0, 0.1) is 0 Å². The Labute approximate surface area is 114 Å². The lowest BCUT2D eigenvalue weighted by Crippen LogP contribution is -2.16. The first kappa shape index (κ1) is 11.2. The summed E-state index contributed by atoms with van der Waals surface area (Å²) < 4.78 is 0. The molecule has 0 amide bonds. The van der Waals surface area contributed by atoms with E-state index in [0.29, 0.717) is 12.1 Å². The van der Waals surface area contributed by atoms with Crippen molar-refractivity contribution in [3.8, 4) is 0 Å². The van der Waals surface area contributed by atoms with Crippen molar-refractivity contribution in [2.45, 2.75) is 37.8 Å². The fourth-order valence-corrected chi connectivity index (χ4v) is 3.60. The fourth-order valence-electron chi connectivity index (χ4n) is 3.60. The lowest BCUT2D eigenvalue weighted by molar-refractivity contribution is 0.429. The standard InChI is InChI=1S/C18H18N/c1-3-7-15-13(5-1)9-11-17(15)19-18-12-10-14-6-2-4-8-16(14)18/h1-8,17-18H,9-12H2. The summed E-state index contributed by atoms with van der Waals surface area (Å²) >= 11 is 0. The molecule has 2 aromatic carbocycles. The summed E-state index contributed by atoms with van der Waals surface area (Å²) in [7, 11) is 0. The Bertz CT molecular complexity index is 549. The molecule has 0 saturated carbocycles. The lowest BCUT2D eigenvalue weighted by Gasteiger charge is -2.18. The molecule has 2 unspecified atom stereocenters. The van der Waals surface area contributed by atoms with Gasteiger partial charge in [0.25, 0.3) is 0 Å². The highest BCUT2D eigenvalue weighted by Crippen LogP contribution is 2.38. The molecule has 0 fully saturated rings. The molecule has 0 aliphatic heterocycles. The Morgan fingerprint density at radius 2 is 1.16 bits per heavy atom. The Balaban J connectivity index is 1.58. The van der Waals surface area contributed by atoms with Gasteiger partial charge in [0.05, 0.1) is 12.1 Å². The number of benzene rings is 2. The van der Waals surface area contributed by atoms with Gasteiger partial charge in [-0.2, -0.15) is 0 Å². The third-order valence-corrected chi connectivity index (χ3v) is 4.56. The zero-order chi connectivity index (χ0) is 12.7. The first-order valence-electron chi connectivity index (χ1n) is 7.27. The van der Waals surface area contributed by atoms with Crippen molar-refractivity contribution in [3.05, 3.63) is 70.8 Å². The van der Waals surface area contributed by atoms with Crippen LogP contribution in [0.5, 0.6) is 0 Å². The molecule has 1 nitrogen and oxygen atoms in total. The van der Waals surface area contributed by atoms with Gasteiger partial charge in [0.15, 0.2) is 0 Å². The molecule has 2 aliphatic rings. The van der Waals surface area contributed by atoms with E-state index < -0.39 is 0 Å². The summed E-state index contributed by atoms with van der Waals surface area (Å²) in [4.78, 5) is 0. The Kier molecular flexibility index (Phi) is 2.66. The zero-order valence-electron chi connectivity index (χ0n) is 11.0. The SMILES string of the molecule is c1ccc2c(c1)CCC2[N]C1CCc2ccccc21. The van der Waals surface area contributed by atoms with Gasteiger partial charge in [-0.25, -0.2) is 5.32 Å². The highest BCUT2D eigenvalue weighted by Gasteiger charge is 2.29. The molecule has 0 bridgehead atoms. The third-order valence-electron chi connectivity index (χ3n) is 4.56. The van der Waals surface area contributed by atoms with Gasteiger partial charge >= 0.3 is 0 Å². The van der Waals surface area contributed by atoms with E-state index in [-0.39, 0.29) is 0 Å². The summed E-state index contributed by atoms with van der Waals surface area (Å²) in [6.45, 7) is 0. The smallest absolute Gasteiger partial charge is 0.0508 e. The number of fused-ring (bicyclic) bond motifs is 2. The molecule has 95 valence electrons. The van der Waals surface area contributed by atoms with Crippen LogP contribution < -0.4 is 5.32 Å². The highest BCUT2D eigenvalue weighted by atomic mass is 15.0. The van der Waals surface area contributed by atoms with Gasteiger partial charge in [0, 0.05) is 0 Å². The van der Waals surface area contributed by atoms with E-state index >= 15 is 0 Å². The Hall–Kier alpha value is -1.60. The number of aryl methyl sites for hydroxylation is 2. The second-order valence-electron chi connectivity index (χ2n) is 5.66. The van der Waals surface area contributed by atoms with Gasteiger partial charge < -0.3 is 0 Å². The molecule has 2 aliphatic carbocycles. The van der Waals surface area contributed by atoms with Gasteiger partial charge in [-0.15, -0.1) is 0 Å². The van der Waals surface area contributed by atoms with Crippen LogP contribution in [-0.4, -0.2) is 0 Å². The predicted octanol–water partition coefficient (Wildman–Crippen LogP) is 3.97. The minimum atomic E-state index is 0.423. The van der Waals surface area contributed by atoms with Crippen LogP contribution >= 0.6 is 0 Å². The van der Waals surface area contributed by atoms with Crippen LogP contribution in [0.4, 0.5) is 0 Å².